The first-order valence-electron chi connectivity index (χ1n) is 5.83. The Morgan fingerprint density at radius 2 is 2.06 bits per heavy atom. The summed E-state index contributed by atoms with van der Waals surface area (Å²) in [5.74, 6) is 0.516. The lowest BCUT2D eigenvalue weighted by Crippen LogP contribution is -2.04. The van der Waals surface area contributed by atoms with Gasteiger partial charge in [0.25, 0.3) is 0 Å². The Morgan fingerprint density at radius 1 is 1.33 bits per heavy atom. The second kappa shape index (κ2) is 6.29. The number of hydrogen-bond donors (Lipinski definition) is 0. The first-order valence-corrected chi connectivity index (χ1v) is 7.95. The van der Waals surface area contributed by atoms with Gasteiger partial charge in [-0.2, -0.15) is 0 Å². The molecule has 1 aromatic carbocycles. The lowest BCUT2D eigenvalue weighted by molar-refractivity contribution is 0.652. The normalized spacial score (nSPS) is 12.6. The molecule has 2 rings (SSSR count). The predicted octanol–water partition coefficient (Wildman–Crippen LogP) is 3.36. The van der Waals surface area contributed by atoms with Gasteiger partial charge in [-0.25, -0.2) is 4.98 Å². The largest absolute Gasteiger partial charge is 0.334 e. The van der Waals surface area contributed by atoms with E-state index < -0.39 is 10.8 Å². The third kappa shape index (κ3) is 3.29. The van der Waals surface area contributed by atoms with Crippen LogP contribution in [0.2, 0.25) is 0 Å². The van der Waals surface area contributed by atoms with Crippen molar-refractivity contribution >= 4 is 26.7 Å². The van der Waals surface area contributed by atoms with Gasteiger partial charge in [0.15, 0.2) is 0 Å². The minimum Gasteiger partial charge on any atom is -0.334 e. The molecule has 0 fully saturated rings. The molecule has 5 heteroatoms. The van der Waals surface area contributed by atoms with Crippen LogP contribution >= 0.6 is 15.9 Å². The molecule has 1 aromatic heterocycles. The van der Waals surface area contributed by atoms with Crippen molar-refractivity contribution in [3.8, 4) is 0 Å². The van der Waals surface area contributed by atoms with Crippen molar-refractivity contribution in [3.63, 3.8) is 0 Å². The van der Waals surface area contributed by atoms with Gasteiger partial charge in [0.1, 0.15) is 0 Å². The van der Waals surface area contributed by atoms with Crippen LogP contribution < -0.4 is 0 Å². The Hall–Kier alpha value is -0.940. The van der Waals surface area contributed by atoms with E-state index in [4.69, 9.17) is 0 Å². The molecule has 0 amide bonds. The summed E-state index contributed by atoms with van der Waals surface area (Å²) in [4.78, 5) is 4.97. The SMILES string of the molecule is CCCn1cncc1CS(=O)c1ccc(Br)cc1. The van der Waals surface area contributed by atoms with Crippen molar-refractivity contribution in [2.45, 2.75) is 30.5 Å². The highest BCUT2D eigenvalue weighted by molar-refractivity contribution is 9.10. The number of halogens is 1. The van der Waals surface area contributed by atoms with Crippen molar-refractivity contribution in [2.24, 2.45) is 0 Å². The van der Waals surface area contributed by atoms with Gasteiger partial charge < -0.3 is 4.57 Å². The molecule has 0 bridgehead atoms. The minimum atomic E-state index is -1.02. The summed E-state index contributed by atoms with van der Waals surface area (Å²) in [6.07, 6.45) is 4.65. The Labute approximate surface area is 118 Å². The molecule has 0 aliphatic heterocycles. The highest BCUT2D eigenvalue weighted by Gasteiger charge is 2.08. The molecule has 18 heavy (non-hydrogen) atoms. The lowest BCUT2D eigenvalue weighted by atomic mass is 10.4. The van der Waals surface area contributed by atoms with E-state index in [0.29, 0.717) is 5.75 Å². The zero-order valence-corrected chi connectivity index (χ0v) is 12.6. The van der Waals surface area contributed by atoms with Gasteiger partial charge in [-0.05, 0) is 30.7 Å². The fraction of sp³-hybridized carbons (Fsp3) is 0.308. The Kier molecular flexibility index (Phi) is 4.72. The number of aromatic nitrogens is 2. The average molecular weight is 327 g/mol. The summed E-state index contributed by atoms with van der Waals surface area (Å²) in [5, 5.41) is 0. The minimum absolute atomic E-state index is 0.516. The van der Waals surface area contributed by atoms with E-state index in [2.05, 4.69) is 32.4 Å². The average Bonchev–Trinajstić information content (AvgIpc) is 2.78. The van der Waals surface area contributed by atoms with Crippen LogP contribution in [-0.4, -0.2) is 13.8 Å². The van der Waals surface area contributed by atoms with E-state index in [0.717, 1.165) is 28.0 Å². The van der Waals surface area contributed by atoms with Crippen molar-refractivity contribution in [2.75, 3.05) is 0 Å². The highest BCUT2D eigenvalue weighted by atomic mass is 79.9. The molecule has 0 N–H and O–H groups in total. The fourth-order valence-electron chi connectivity index (χ4n) is 1.71. The van der Waals surface area contributed by atoms with E-state index in [1.54, 1.807) is 12.5 Å². The summed E-state index contributed by atoms with van der Waals surface area (Å²) in [6.45, 7) is 3.04. The summed E-state index contributed by atoms with van der Waals surface area (Å²) >= 11 is 3.37. The second-order valence-electron chi connectivity index (χ2n) is 4.02. The van der Waals surface area contributed by atoms with Crippen LogP contribution in [0.3, 0.4) is 0 Å². The molecule has 1 atom stereocenters. The van der Waals surface area contributed by atoms with Crippen LogP contribution in [-0.2, 0) is 23.1 Å². The van der Waals surface area contributed by atoms with Crippen molar-refractivity contribution < 1.29 is 4.21 Å². The highest BCUT2D eigenvalue weighted by Crippen LogP contribution is 2.16. The number of imidazole rings is 1. The molecule has 0 saturated carbocycles. The molecular weight excluding hydrogens is 312 g/mol. The topological polar surface area (TPSA) is 34.9 Å². The maximum absolute atomic E-state index is 12.2. The maximum atomic E-state index is 12.2. The van der Waals surface area contributed by atoms with Gasteiger partial charge in [0, 0.05) is 22.1 Å². The summed E-state index contributed by atoms with van der Waals surface area (Å²) in [7, 11) is -1.02. The Morgan fingerprint density at radius 3 is 2.72 bits per heavy atom. The number of aryl methyl sites for hydroxylation is 1. The first-order chi connectivity index (χ1) is 8.70. The van der Waals surface area contributed by atoms with Crippen LogP contribution in [0.25, 0.3) is 0 Å². The number of benzene rings is 1. The quantitative estimate of drug-likeness (QED) is 0.844. The monoisotopic (exact) mass is 326 g/mol. The van der Waals surface area contributed by atoms with E-state index in [1.165, 1.54) is 0 Å². The van der Waals surface area contributed by atoms with Gasteiger partial charge in [-0.1, -0.05) is 22.9 Å². The maximum Gasteiger partial charge on any atom is 0.0948 e. The lowest BCUT2D eigenvalue weighted by Gasteiger charge is -2.06. The summed E-state index contributed by atoms with van der Waals surface area (Å²) in [6, 6.07) is 7.61. The van der Waals surface area contributed by atoms with E-state index >= 15 is 0 Å². The standard InChI is InChI=1S/C13H15BrN2OS/c1-2-7-16-10-15-8-12(16)9-18(17)13-5-3-11(14)4-6-13/h3-6,8,10H,2,7,9H2,1H3. The molecule has 0 aliphatic rings. The molecule has 3 nitrogen and oxygen atoms in total. The number of hydrogen-bond acceptors (Lipinski definition) is 2. The zero-order chi connectivity index (χ0) is 13.0. The third-order valence-corrected chi connectivity index (χ3v) is 4.50. The molecule has 1 unspecified atom stereocenters. The molecule has 0 aliphatic carbocycles. The smallest absolute Gasteiger partial charge is 0.0948 e. The van der Waals surface area contributed by atoms with Gasteiger partial charge in [-0.3, -0.25) is 4.21 Å². The van der Waals surface area contributed by atoms with Gasteiger partial charge in [0.2, 0.25) is 0 Å². The number of nitrogens with zero attached hydrogens (tertiary/aromatic N) is 2. The van der Waals surface area contributed by atoms with Gasteiger partial charge >= 0.3 is 0 Å². The van der Waals surface area contributed by atoms with Crippen LogP contribution in [0.1, 0.15) is 19.0 Å². The van der Waals surface area contributed by atoms with E-state index in [9.17, 15) is 4.21 Å². The summed E-state index contributed by atoms with van der Waals surface area (Å²) in [5.41, 5.74) is 1.03. The van der Waals surface area contributed by atoms with Gasteiger partial charge in [-0.15, -0.1) is 0 Å². The van der Waals surface area contributed by atoms with Crippen LogP contribution in [0.15, 0.2) is 46.2 Å². The zero-order valence-electron chi connectivity index (χ0n) is 10.2. The molecule has 2 aromatic rings. The molecule has 0 saturated heterocycles. The predicted molar refractivity (Wildman–Crippen MR) is 76.8 cm³/mol. The fourth-order valence-corrected chi connectivity index (χ4v) is 3.09. The van der Waals surface area contributed by atoms with Crippen molar-refractivity contribution in [1.82, 2.24) is 9.55 Å². The van der Waals surface area contributed by atoms with E-state index in [-0.39, 0.29) is 0 Å². The molecular formula is C13H15BrN2OS. The third-order valence-electron chi connectivity index (χ3n) is 2.62. The summed E-state index contributed by atoms with van der Waals surface area (Å²) < 4.78 is 15.3. The van der Waals surface area contributed by atoms with E-state index in [1.807, 2.05) is 24.3 Å². The van der Waals surface area contributed by atoms with Crippen molar-refractivity contribution in [1.29, 1.82) is 0 Å². The van der Waals surface area contributed by atoms with Crippen LogP contribution in [0.5, 0.6) is 0 Å². The molecule has 1 heterocycles. The first kappa shape index (κ1) is 13.5. The molecule has 0 spiro atoms. The van der Waals surface area contributed by atoms with Crippen molar-refractivity contribution in [3.05, 3.63) is 47.0 Å². The molecule has 96 valence electrons. The Balaban J connectivity index is 2.11. The van der Waals surface area contributed by atoms with Crippen LogP contribution in [0.4, 0.5) is 0 Å². The second-order valence-corrected chi connectivity index (χ2v) is 6.39. The molecule has 0 radical (unpaired) electrons. The van der Waals surface area contributed by atoms with Gasteiger partial charge in [0.05, 0.1) is 28.6 Å². The number of rotatable bonds is 5. The Bertz CT molecular complexity index is 536. The van der Waals surface area contributed by atoms with Crippen LogP contribution in [0, 0.1) is 0 Å².